The molecule has 0 aliphatic carbocycles. The second kappa shape index (κ2) is 12.2. The maximum atomic E-state index is 14.2. The van der Waals surface area contributed by atoms with Crippen molar-refractivity contribution in [1.82, 2.24) is 14.9 Å². The van der Waals surface area contributed by atoms with Crippen LogP contribution in [0.1, 0.15) is 13.8 Å². The summed E-state index contributed by atoms with van der Waals surface area (Å²) in [7, 11) is 3.49. The zero-order valence-electron chi connectivity index (χ0n) is 19.0. The number of ether oxygens (including phenoxy) is 2. The van der Waals surface area contributed by atoms with Crippen molar-refractivity contribution in [2.45, 2.75) is 20.0 Å². The van der Waals surface area contributed by atoms with Gasteiger partial charge in [0, 0.05) is 29.6 Å². The lowest BCUT2D eigenvalue weighted by atomic mass is 10.2. The molecule has 2 aromatic carbocycles. The van der Waals surface area contributed by atoms with E-state index >= 15 is 0 Å². The molecule has 0 saturated carbocycles. The van der Waals surface area contributed by atoms with E-state index in [1.807, 2.05) is 7.05 Å². The van der Waals surface area contributed by atoms with Crippen molar-refractivity contribution < 1.29 is 19.0 Å². The fourth-order valence-corrected chi connectivity index (χ4v) is 3.61. The first-order chi connectivity index (χ1) is 15.3. The Morgan fingerprint density at radius 2 is 1.91 bits per heavy atom. The van der Waals surface area contributed by atoms with E-state index in [4.69, 9.17) is 21.1 Å². The summed E-state index contributed by atoms with van der Waals surface area (Å²) in [5, 5.41) is 14.2. The summed E-state index contributed by atoms with van der Waals surface area (Å²) in [4.78, 5) is 10.6. The highest BCUT2D eigenvalue weighted by Crippen LogP contribution is 2.35. The van der Waals surface area contributed by atoms with E-state index in [9.17, 15) is 9.50 Å². The summed E-state index contributed by atoms with van der Waals surface area (Å²) in [5.74, 6) is 1.34. The van der Waals surface area contributed by atoms with Crippen LogP contribution in [-0.2, 0) is 0 Å². The molecule has 2 N–H and O–H groups in total. The quantitative estimate of drug-likeness (QED) is 0.410. The average molecular weight is 499 g/mol. The van der Waals surface area contributed by atoms with Crippen LogP contribution in [0.25, 0.3) is 10.9 Å². The number of methoxy groups -OCH3 is 1. The predicted octanol–water partition coefficient (Wildman–Crippen LogP) is 4.92. The fourth-order valence-electron chi connectivity index (χ4n) is 3.45. The third-order valence-electron chi connectivity index (χ3n) is 4.74. The number of aliphatic hydroxyl groups excluding tert-OH is 1. The number of nitrogens with one attached hydrogen (secondary N) is 1. The lowest BCUT2D eigenvalue weighted by Gasteiger charge is -2.22. The van der Waals surface area contributed by atoms with E-state index in [2.05, 4.69) is 34.0 Å². The minimum Gasteiger partial charge on any atom is -0.493 e. The fraction of sp³-hybridized carbons (Fsp3) is 0.391. The molecule has 0 fully saturated rings. The van der Waals surface area contributed by atoms with Gasteiger partial charge in [0.15, 0.2) is 11.5 Å². The number of aromatic nitrogens is 2. The molecule has 0 aliphatic rings. The van der Waals surface area contributed by atoms with E-state index in [0.717, 1.165) is 6.54 Å². The highest BCUT2D eigenvalue weighted by molar-refractivity contribution is 6.30. The molecular weight excluding hydrogens is 470 g/mol. The van der Waals surface area contributed by atoms with Crippen molar-refractivity contribution in [2.24, 2.45) is 5.92 Å². The van der Waals surface area contributed by atoms with Crippen LogP contribution >= 0.6 is 24.0 Å². The van der Waals surface area contributed by atoms with Crippen LogP contribution in [-0.4, -0.2) is 59.9 Å². The maximum absolute atomic E-state index is 14.2. The Hall–Kier alpha value is -2.39. The van der Waals surface area contributed by atoms with Gasteiger partial charge < -0.3 is 24.8 Å². The van der Waals surface area contributed by atoms with Crippen LogP contribution in [0.5, 0.6) is 11.5 Å². The topological polar surface area (TPSA) is 79.7 Å². The smallest absolute Gasteiger partial charge is 0.163 e. The van der Waals surface area contributed by atoms with E-state index in [1.165, 1.54) is 25.6 Å². The SMILES string of the molecule is COc1cc2c(Nc3ccc(Cl)cc3F)ncnc2cc1OCC(O)CN(C)CC(C)C.Cl. The van der Waals surface area contributed by atoms with Crippen molar-refractivity contribution in [2.75, 3.05) is 39.2 Å². The van der Waals surface area contributed by atoms with Crippen LogP contribution in [0.2, 0.25) is 5.02 Å². The van der Waals surface area contributed by atoms with Gasteiger partial charge in [-0.15, -0.1) is 12.4 Å². The first-order valence-corrected chi connectivity index (χ1v) is 10.7. The largest absolute Gasteiger partial charge is 0.493 e. The van der Waals surface area contributed by atoms with Crippen molar-refractivity contribution in [3.63, 3.8) is 0 Å². The average Bonchev–Trinajstić information content (AvgIpc) is 2.73. The third kappa shape index (κ3) is 7.30. The number of nitrogens with zero attached hydrogens (tertiary/aromatic N) is 3. The second-order valence-corrected chi connectivity index (χ2v) is 8.51. The molecule has 0 amide bonds. The molecule has 0 spiro atoms. The molecule has 3 rings (SSSR count). The summed E-state index contributed by atoms with van der Waals surface area (Å²) in [6, 6.07) is 7.79. The Bertz CT molecular complexity index is 1070. The molecule has 1 heterocycles. The van der Waals surface area contributed by atoms with Gasteiger partial charge in [-0.3, -0.25) is 0 Å². The van der Waals surface area contributed by atoms with E-state index in [0.29, 0.717) is 45.7 Å². The monoisotopic (exact) mass is 498 g/mol. The molecule has 0 aliphatic heterocycles. The van der Waals surface area contributed by atoms with Gasteiger partial charge in [0.1, 0.15) is 30.7 Å². The number of anilines is 2. The molecule has 0 saturated heterocycles. The molecule has 0 radical (unpaired) electrons. The first kappa shape index (κ1) is 26.9. The number of fused-ring (bicyclic) bond motifs is 1. The Morgan fingerprint density at radius 1 is 1.15 bits per heavy atom. The standard InChI is InChI=1S/C23H28ClFN4O3.ClH/c1-14(2)10-29(3)11-16(30)12-32-22-9-20-17(8-21(22)31-4)23(27-13-26-20)28-19-6-5-15(24)7-18(19)25;/h5-9,13-14,16,30H,10-12H2,1-4H3,(H,26,27,28);1H. The van der Waals surface area contributed by atoms with Gasteiger partial charge in [0.25, 0.3) is 0 Å². The Kier molecular flexibility index (Phi) is 9.91. The predicted molar refractivity (Wildman–Crippen MR) is 132 cm³/mol. The molecule has 33 heavy (non-hydrogen) atoms. The van der Waals surface area contributed by atoms with Crippen molar-refractivity contribution in [3.05, 3.63) is 47.5 Å². The van der Waals surface area contributed by atoms with Crippen molar-refractivity contribution in [1.29, 1.82) is 0 Å². The summed E-state index contributed by atoms with van der Waals surface area (Å²) >= 11 is 5.83. The lowest BCUT2D eigenvalue weighted by molar-refractivity contribution is 0.0722. The number of halogens is 3. The van der Waals surface area contributed by atoms with Crippen molar-refractivity contribution >= 4 is 46.4 Å². The normalized spacial score (nSPS) is 12.0. The van der Waals surface area contributed by atoms with Gasteiger partial charge >= 0.3 is 0 Å². The molecule has 0 bridgehead atoms. The van der Waals surface area contributed by atoms with Gasteiger partial charge in [-0.1, -0.05) is 25.4 Å². The lowest BCUT2D eigenvalue weighted by Crippen LogP contribution is -2.35. The third-order valence-corrected chi connectivity index (χ3v) is 4.97. The molecule has 1 unspecified atom stereocenters. The molecule has 10 heteroatoms. The number of likely N-dealkylation sites (N-methyl/N-ethyl adjacent to an activating group) is 1. The number of aliphatic hydroxyl groups is 1. The first-order valence-electron chi connectivity index (χ1n) is 10.3. The van der Waals surface area contributed by atoms with Crippen LogP contribution in [0.4, 0.5) is 15.9 Å². The molecule has 1 aromatic heterocycles. The van der Waals surface area contributed by atoms with Gasteiger partial charge in [-0.2, -0.15) is 0 Å². The van der Waals surface area contributed by atoms with Crippen LogP contribution in [0.15, 0.2) is 36.7 Å². The molecule has 7 nitrogen and oxygen atoms in total. The zero-order chi connectivity index (χ0) is 23.3. The number of benzene rings is 2. The Labute approximate surface area is 204 Å². The molecule has 1 atom stereocenters. The van der Waals surface area contributed by atoms with Crippen LogP contribution in [0.3, 0.4) is 0 Å². The van der Waals surface area contributed by atoms with Gasteiger partial charge in [0.05, 0.1) is 18.3 Å². The Balaban J connectivity index is 0.00000385. The molecule has 180 valence electrons. The minimum absolute atomic E-state index is 0. The van der Waals surface area contributed by atoms with Crippen molar-refractivity contribution in [3.8, 4) is 11.5 Å². The number of rotatable bonds is 10. The summed E-state index contributed by atoms with van der Waals surface area (Å²) in [6.07, 6.45) is 0.722. The van der Waals surface area contributed by atoms with Gasteiger partial charge in [-0.25, -0.2) is 14.4 Å². The molecule has 3 aromatic rings. The highest BCUT2D eigenvalue weighted by Gasteiger charge is 2.15. The zero-order valence-corrected chi connectivity index (χ0v) is 20.6. The van der Waals surface area contributed by atoms with E-state index in [1.54, 1.807) is 18.2 Å². The number of hydrogen-bond donors (Lipinski definition) is 2. The second-order valence-electron chi connectivity index (χ2n) is 8.07. The van der Waals surface area contributed by atoms with Crippen LogP contribution < -0.4 is 14.8 Å². The number of hydrogen-bond acceptors (Lipinski definition) is 7. The summed E-state index contributed by atoms with van der Waals surface area (Å²) in [6.45, 7) is 5.75. The van der Waals surface area contributed by atoms with Gasteiger partial charge in [-0.05, 0) is 37.2 Å². The maximum Gasteiger partial charge on any atom is 0.163 e. The molecular formula is C23H29Cl2FN4O3. The summed E-state index contributed by atoms with van der Waals surface area (Å²) in [5.41, 5.74) is 0.821. The van der Waals surface area contributed by atoms with E-state index in [-0.39, 0.29) is 24.7 Å². The van der Waals surface area contributed by atoms with Gasteiger partial charge in [0.2, 0.25) is 0 Å². The Morgan fingerprint density at radius 3 is 2.58 bits per heavy atom. The van der Waals surface area contributed by atoms with E-state index < -0.39 is 11.9 Å². The highest BCUT2D eigenvalue weighted by atomic mass is 35.5. The summed E-state index contributed by atoms with van der Waals surface area (Å²) < 4.78 is 25.5. The van der Waals surface area contributed by atoms with Crippen LogP contribution in [0, 0.1) is 11.7 Å². The minimum atomic E-state index is -0.658.